The molecule has 0 atom stereocenters. The Hall–Kier alpha value is -0.0800. The van der Waals surface area contributed by atoms with Gasteiger partial charge in [0.2, 0.25) is 0 Å². The van der Waals surface area contributed by atoms with E-state index in [1.165, 1.54) is 70.8 Å². The van der Waals surface area contributed by atoms with Gasteiger partial charge in [-0.2, -0.15) is 0 Å². The van der Waals surface area contributed by atoms with Gasteiger partial charge in [-0.05, 0) is 25.7 Å². The molecule has 2 aliphatic rings. The smallest absolute Gasteiger partial charge is 0.0245 e. The van der Waals surface area contributed by atoms with Gasteiger partial charge in [0.25, 0.3) is 0 Å². The second kappa shape index (κ2) is 6.75. The topological polar surface area (TPSA) is 6.48 Å². The molecule has 100 valence electrons. The maximum atomic E-state index is 2.68. The van der Waals surface area contributed by atoms with Crippen molar-refractivity contribution in [2.75, 3.05) is 13.6 Å². The van der Waals surface area contributed by atoms with E-state index in [0.717, 1.165) is 12.1 Å². The molecule has 0 heterocycles. The molecule has 2 rings (SSSR count). The van der Waals surface area contributed by atoms with Crippen LogP contribution < -0.4 is 0 Å². The van der Waals surface area contributed by atoms with Gasteiger partial charge in [0, 0.05) is 25.7 Å². The maximum absolute atomic E-state index is 2.68. The number of hydrogen-bond donors (Lipinski definition) is 0. The summed E-state index contributed by atoms with van der Waals surface area (Å²) in [6.07, 6.45) is 14.4. The van der Waals surface area contributed by atoms with E-state index < -0.39 is 0 Å². The summed E-state index contributed by atoms with van der Waals surface area (Å²) < 4.78 is 0. The first-order valence-corrected chi connectivity index (χ1v) is 7.82. The van der Waals surface area contributed by atoms with Crippen LogP contribution in [0.15, 0.2) is 0 Å². The van der Waals surface area contributed by atoms with Crippen LogP contribution in [0.5, 0.6) is 0 Å². The van der Waals surface area contributed by atoms with Crippen LogP contribution in [-0.4, -0.2) is 35.7 Å². The normalized spacial score (nSPS) is 24.7. The predicted octanol–water partition coefficient (Wildman–Crippen LogP) is 3.82. The SMILES string of the molecule is CCN(C1CCCCC1)N(C)C1CCCCC1. The standard InChI is InChI=1S/C15H30N2/c1-3-17(15-12-8-5-9-13-15)16(2)14-10-6-4-7-11-14/h14-15H,3-13H2,1-2H3. The molecule has 0 N–H and O–H groups in total. The zero-order valence-electron chi connectivity index (χ0n) is 11.8. The largest absolute Gasteiger partial charge is 0.242 e. The number of hydrogen-bond acceptors (Lipinski definition) is 2. The van der Waals surface area contributed by atoms with Crippen molar-refractivity contribution < 1.29 is 0 Å². The third kappa shape index (κ3) is 3.45. The lowest BCUT2D eigenvalue weighted by Crippen LogP contribution is -2.52. The summed E-state index contributed by atoms with van der Waals surface area (Å²) in [6, 6.07) is 1.66. The van der Waals surface area contributed by atoms with E-state index in [4.69, 9.17) is 0 Å². The van der Waals surface area contributed by atoms with Crippen LogP contribution in [0.25, 0.3) is 0 Å². The van der Waals surface area contributed by atoms with Crippen molar-refractivity contribution in [3.05, 3.63) is 0 Å². The third-order valence-corrected chi connectivity index (χ3v) is 4.83. The van der Waals surface area contributed by atoms with Crippen LogP contribution in [0.2, 0.25) is 0 Å². The fourth-order valence-electron chi connectivity index (χ4n) is 3.78. The van der Waals surface area contributed by atoms with Crippen molar-refractivity contribution in [2.45, 2.75) is 83.2 Å². The molecule has 2 aliphatic carbocycles. The molecule has 2 saturated carbocycles. The average Bonchev–Trinajstić information content (AvgIpc) is 2.42. The molecule has 0 aromatic carbocycles. The van der Waals surface area contributed by atoms with Crippen molar-refractivity contribution in [1.29, 1.82) is 0 Å². The Balaban J connectivity index is 1.90. The van der Waals surface area contributed by atoms with Gasteiger partial charge in [0.15, 0.2) is 0 Å². The quantitative estimate of drug-likeness (QED) is 0.687. The molecule has 0 radical (unpaired) electrons. The Labute approximate surface area is 107 Å². The lowest BCUT2D eigenvalue weighted by Gasteiger charge is -2.44. The fourth-order valence-corrected chi connectivity index (χ4v) is 3.78. The summed E-state index contributed by atoms with van der Waals surface area (Å²) in [7, 11) is 2.34. The molecular formula is C15H30N2. The van der Waals surface area contributed by atoms with Gasteiger partial charge in [0.05, 0.1) is 0 Å². The highest BCUT2D eigenvalue weighted by Crippen LogP contribution is 2.27. The second-order valence-corrected chi connectivity index (χ2v) is 5.91. The zero-order valence-corrected chi connectivity index (χ0v) is 11.8. The van der Waals surface area contributed by atoms with Crippen molar-refractivity contribution in [3.8, 4) is 0 Å². The lowest BCUT2D eigenvalue weighted by atomic mass is 9.93. The Kier molecular flexibility index (Phi) is 5.30. The fraction of sp³-hybridized carbons (Fsp3) is 1.00. The van der Waals surface area contributed by atoms with Crippen LogP contribution >= 0.6 is 0 Å². The molecule has 0 bridgehead atoms. The Bertz CT molecular complexity index is 205. The molecule has 0 aliphatic heterocycles. The molecule has 2 heteroatoms. The summed E-state index contributed by atoms with van der Waals surface area (Å²) in [6.45, 7) is 3.52. The first-order valence-electron chi connectivity index (χ1n) is 7.82. The summed E-state index contributed by atoms with van der Waals surface area (Å²) in [5.41, 5.74) is 0. The van der Waals surface area contributed by atoms with Crippen molar-refractivity contribution in [3.63, 3.8) is 0 Å². The van der Waals surface area contributed by atoms with E-state index in [0.29, 0.717) is 0 Å². The van der Waals surface area contributed by atoms with Crippen LogP contribution in [0.1, 0.15) is 71.1 Å². The van der Waals surface area contributed by atoms with E-state index >= 15 is 0 Å². The molecular weight excluding hydrogens is 208 g/mol. The van der Waals surface area contributed by atoms with Gasteiger partial charge in [-0.1, -0.05) is 45.4 Å². The van der Waals surface area contributed by atoms with E-state index in [2.05, 4.69) is 24.0 Å². The molecule has 17 heavy (non-hydrogen) atoms. The minimum absolute atomic E-state index is 0.825. The number of rotatable bonds is 4. The van der Waals surface area contributed by atoms with Crippen molar-refractivity contribution in [1.82, 2.24) is 10.0 Å². The minimum Gasteiger partial charge on any atom is -0.242 e. The highest BCUT2D eigenvalue weighted by Gasteiger charge is 2.27. The highest BCUT2D eigenvalue weighted by molar-refractivity contribution is 4.78. The number of hydrazine groups is 1. The molecule has 2 nitrogen and oxygen atoms in total. The minimum atomic E-state index is 0.825. The summed E-state index contributed by atoms with van der Waals surface area (Å²) in [5, 5.41) is 5.28. The Morgan fingerprint density at radius 3 is 1.71 bits per heavy atom. The number of nitrogens with zero attached hydrogens (tertiary/aromatic N) is 2. The van der Waals surface area contributed by atoms with Crippen LogP contribution in [-0.2, 0) is 0 Å². The summed E-state index contributed by atoms with van der Waals surface area (Å²) >= 11 is 0. The van der Waals surface area contributed by atoms with Crippen molar-refractivity contribution in [2.24, 2.45) is 0 Å². The molecule has 0 aromatic rings. The Morgan fingerprint density at radius 1 is 0.765 bits per heavy atom. The van der Waals surface area contributed by atoms with Crippen LogP contribution in [0.3, 0.4) is 0 Å². The first kappa shape index (κ1) is 13.4. The first-order chi connectivity index (χ1) is 8.33. The zero-order chi connectivity index (χ0) is 12.1. The highest BCUT2D eigenvalue weighted by atomic mass is 15.6. The predicted molar refractivity (Wildman–Crippen MR) is 73.9 cm³/mol. The van der Waals surface area contributed by atoms with E-state index in [1.54, 1.807) is 0 Å². The van der Waals surface area contributed by atoms with Gasteiger partial charge in [-0.15, -0.1) is 0 Å². The lowest BCUT2D eigenvalue weighted by molar-refractivity contribution is -0.0848. The van der Waals surface area contributed by atoms with Gasteiger partial charge in [-0.25, -0.2) is 10.0 Å². The molecule has 0 amide bonds. The molecule has 0 aromatic heterocycles. The summed E-state index contributed by atoms with van der Waals surface area (Å²) in [5.74, 6) is 0. The maximum Gasteiger partial charge on any atom is 0.0245 e. The third-order valence-electron chi connectivity index (χ3n) is 4.83. The molecule has 0 saturated heterocycles. The molecule has 2 fully saturated rings. The second-order valence-electron chi connectivity index (χ2n) is 5.91. The summed E-state index contributed by atoms with van der Waals surface area (Å²) in [4.78, 5) is 0. The molecule has 0 spiro atoms. The van der Waals surface area contributed by atoms with E-state index in [1.807, 2.05) is 0 Å². The van der Waals surface area contributed by atoms with Crippen LogP contribution in [0, 0.1) is 0 Å². The molecule has 0 unspecified atom stereocenters. The average molecular weight is 238 g/mol. The van der Waals surface area contributed by atoms with Gasteiger partial charge in [-0.3, -0.25) is 0 Å². The van der Waals surface area contributed by atoms with Gasteiger partial charge in [0.1, 0.15) is 0 Å². The van der Waals surface area contributed by atoms with Crippen LogP contribution in [0.4, 0.5) is 0 Å². The van der Waals surface area contributed by atoms with Crippen molar-refractivity contribution >= 4 is 0 Å². The van der Waals surface area contributed by atoms with E-state index in [-0.39, 0.29) is 0 Å². The van der Waals surface area contributed by atoms with Gasteiger partial charge < -0.3 is 0 Å². The van der Waals surface area contributed by atoms with E-state index in [9.17, 15) is 0 Å². The Morgan fingerprint density at radius 2 is 1.24 bits per heavy atom. The monoisotopic (exact) mass is 238 g/mol. The van der Waals surface area contributed by atoms with Gasteiger partial charge >= 0.3 is 0 Å².